The molecule has 1 aliphatic heterocycles. The summed E-state index contributed by atoms with van der Waals surface area (Å²) >= 11 is 0. The van der Waals surface area contributed by atoms with Gasteiger partial charge in [0.05, 0.1) is 5.69 Å². The molecule has 0 spiro atoms. The van der Waals surface area contributed by atoms with Crippen LogP contribution in [0.1, 0.15) is 42.8 Å². The molecule has 2 heterocycles. The molecule has 1 N–H and O–H groups in total. The predicted octanol–water partition coefficient (Wildman–Crippen LogP) is 1.89. The lowest BCUT2D eigenvalue weighted by Gasteiger charge is -2.34. The number of rotatable bonds is 3. The lowest BCUT2D eigenvalue weighted by molar-refractivity contribution is -0.144. The second-order valence-electron chi connectivity index (χ2n) is 5.67. The van der Waals surface area contributed by atoms with E-state index in [0.29, 0.717) is 5.92 Å². The van der Waals surface area contributed by atoms with Gasteiger partial charge in [-0.25, -0.2) is 0 Å². The van der Waals surface area contributed by atoms with Gasteiger partial charge in [0.15, 0.2) is 0 Å². The summed E-state index contributed by atoms with van der Waals surface area (Å²) < 4.78 is 1.77. The Morgan fingerprint density at radius 3 is 2.37 bits per heavy atom. The van der Waals surface area contributed by atoms with E-state index in [1.807, 2.05) is 20.9 Å². The first kappa shape index (κ1) is 14.1. The molecule has 0 saturated carbocycles. The highest BCUT2D eigenvalue weighted by molar-refractivity contribution is 5.76. The number of aromatic nitrogens is 2. The van der Waals surface area contributed by atoms with E-state index in [0.717, 1.165) is 42.9 Å². The van der Waals surface area contributed by atoms with Crippen LogP contribution in [0.2, 0.25) is 0 Å². The topological polar surface area (TPSA) is 58.4 Å². The highest BCUT2D eigenvalue weighted by atomic mass is 16.4. The molecule has 1 unspecified atom stereocenters. The van der Waals surface area contributed by atoms with Gasteiger partial charge in [0.1, 0.15) is 6.04 Å². The Morgan fingerprint density at radius 1 is 1.37 bits per heavy atom. The maximum Gasteiger partial charge on any atom is 0.325 e. The molecule has 5 nitrogen and oxygen atoms in total. The third kappa shape index (κ3) is 2.66. The Hall–Kier alpha value is -1.36. The summed E-state index contributed by atoms with van der Waals surface area (Å²) in [5.41, 5.74) is 2.64. The fourth-order valence-corrected chi connectivity index (χ4v) is 2.93. The second-order valence-corrected chi connectivity index (χ2v) is 5.67. The maximum atomic E-state index is 11.7. The van der Waals surface area contributed by atoms with E-state index >= 15 is 0 Å². The third-order valence-electron chi connectivity index (χ3n) is 4.26. The molecule has 0 aliphatic carbocycles. The Morgan fingerprint density at radius 2 is 1.95 bits per heavy atom. The molecule has 5 heteroatoms. The minimum atomic E-state index is -0.770. The van der Waals surface area contributed by atoms with Gasteiger partial charge in [0.25, 0.3) is 0 Å². The molecule has 1 aliphatic rings. The zero-order valence-electron chi connectivity index (χ0n) is 12.2. The number of hydrogen-bond acceptors (Lipinski definition) is 3. The van der Waals surface area contributed by atoms with Crippen LogP contribution in [0.25, 0.3) is 0 Å². The maximum absolute atomic E-state index is 11.7. The van der Waals surface area contributed by atoms with Gasteiger partial charge in [-0.05, 0) is 45.7 Å². The van der Waals surface area contributed by atoms with E-state index in [-0.39, 0.29) is 0 Å². The van der Waals surface area contributed by atoms with Gasteiger partial charge in [-0.2, -0.15) is 5.10 Å². The van der Waals surface area contributed by atoms with Crippen LogP contribution < -0.4 is 0 Å². The summed E-state index contributed by atoms with van der Waals surface area (Å²) in [6.07, 6.45) is 2.14. The zero-order chi connectivity index (χ0) is 14.2. The van der Waals surface area contributed by atoms with E-state index in [1.54, 1.807) is 4.68 Å². The molecule has 0 bridgehead atoms. The number of likely N-dealkylation sites (tertiary alicyclic amines) is 1. The lowest BCUT2D eigenvalue weighted by Crippen LogP contribution is -2.40. The summed E-state index contributed by atoms with van der Waals surface area (Å²) in [5.74, 6) is -0.0736. The molecular weight excluding hydrogens is 242 g/mol. The minimum Gasteiger partial charge on any atom is -0.480 e. The molecule has 1 saturated heterocycles. The first-order valence-electron chi connectivity index (χ1n) is 6.88. The Kier molecular flexibility index (Phi) is 3.94. The summed E-state index contributed by atoms with van der Waals surface area (Å²) in [6, 6.07) is -0.554. The van der Waals surface area contributed by atoms with E-state index < -0.39 is 12.0 Å². The number of aliphatic carboxylic acids is 1. The van der Waals surface area contributed by atoms with Crippen LogP contribution in [0.3, 0.4) is 0 Å². The quantitative estimate of drug-likeness (QED) is 0.906. The first-order chi connectivity index (χ1) is 8.91. The number of aryl methyl sites for hydroxylation is 2. The highest BCUT2D eigenvalue weighted by Gasteiger charge is 2.33. The highest BCUT2D eigenvalue weighted by Crippen LogP contribution is 2.30. The van der Waals surface area contributed by atoms with Gasteiger partial charge in [-0.3, -0.25) is 14.4 Å². The van der Waals surface area contributed by atoms with Crippen LogP contribution in [-0.2, 0) is 11.8 Å². The number of carboxylic acid groups (broad SMARTS) is 1. The van der Waals surface area contributed by atoms with Crippen LogP contribution >= 0.6 is 0 Å². The molecule has 1 aromatic rings. The monoisotopic (exact) mass is 265 g/mol. The molecule has 1 fully saturated rings. The fourth-order valence-electron chi connectivity index (χ4n) is 2.93. The minimum absolute atomic E-state index is 0.554. The van der Waals surface area contributed by atoms with Gasteiger partial charge in [-0.1, -0.05) is 6.92 Å². The molecule has 0 radical (unpaired) electrons. The van der Waals surface area contributed by atoms with Crippen LogP contribution in [0.5, 0.6) is 0 Å². The van der Waals surface area contributed by atoms with E-state index in [2.05, 4.69) is 16.9 Å². The van der Waals surface area contributed by atoms with Crippen molar-refractivity contribution >= 4 is 5.97 Å². The van der Waals surface area contributed by atoms with Gasteiger partial charge >= 0.3 is 5.97 Å². The van der Waals surface area contributed by atoms with Crippen LogP contribution in [0, 0.1) is 19.8 Å². The van der Waals surface area contributed by atoms with Gasteiger partial charge < -0.3 is 5.11 Å². The van der Waals surface area contributed by atoms with Crippen molar-refractivity contribution < 1.29 is 9.90 Å². The van der Waals surface area contributed by atoms with Crippen molar-refractivity contribution in [1.82, 2.24) is 14.7 Å². The molecule has 2 rings (SSSR count). The average molecular weight is 265 g/mol. The SMILES string of the molecule is Cc1nn(C)c(C)c1C(C(=O)O)N1CCC(C)CC1. The smallest absolute Gasteiger partial charge is 0.325 e. The number of nitrogens with zero attached hydrogens (tertiary/aromatic N) is 3. The van der Waals surface area contributed by atoms with Crippen molar-refractivity contribution in [3.05, 3.63) is 17.0 Å². The van der Waals surface area contributed by atoms with Crippen molar-refractivity contribution in [2.45, 2.75) is 39.7 Å². The van der Waals surface area contributed by atoms with Crippen molar-refractivity contribution in [3.8, 4) is 0 Å². The first-order valence-corrected chi connectivity index (χ1v) is 6.88. The summed E-state index contributed by atoms with van der Waals surface area (Å²) in [7, 11) is 1.86. The number of piperidine rings is 1. The van der Waals surface area contributed by atoms with Crippen LogP contribution in [-0.4, -0.2) is 38.8 Å². The van der Waals surface area contributed by atoms with E-state index in [9.17, 15) is 9.90 Å². The number of carboxylic acids is 1. The van der Waals surface area contributed by atoms with Gasteiger partial charge in [-0.15, -0.1) is 0 Å². The molecule has 106 valence electrons. The number of hydrogen-bond donors (Lipinski definition) is 1. The molecule has 0 amide bonds. The standard InChI is InChI=1S/C14H23N3O2/c1-9-5-7-17(8-6-9)13(14(18)19)12-10(2)15-16(4)11(12)3/h9,13H,5-8H2,1-4H3,(H,18,19). The third-order valence-corrected chi connectivity index (χ3v) is 4.26. The van der Waals surface area contributed by atoms with Crippen LogP contribution in [0.15, 0.2) is 0 Å². The van der Waals surface area contributed by atoms with Crippen molar-refractivity contribution in [2.75, 3.05) is 13.1 Å². The predicted molar refractivity (Wildman–Crippen MR) is 73.0 cm³/mol. The normalized spacial score (nSPS) is 19.6. The summed E-state index contributed by atoms with van der Waals surface area (Å²) in [6.45, 7) is 7.77. The second kappa shape index (κ2) is 5.33. The van der Waals surface area contributed by atoms with Crippen molar-refractivity contribution in [2.24, 2.45) is 13.0 Å². The summed E-state index contributed by atoms with van der Waals surface area (Å²) in [5, 5.41) is 14.0. The largest absolute Gasteiger partial charge is 0.480 e. The Balaban J connectivity index is 2.33. The van der Waals surface area contributed by atoms with Crippen molar-refractivity contribution in [1.29, 1.82) is 0 Å². The average Bonchev–Trinajstić information content (AvgIpc) is 2.58. The van der Waals surface area contributed by atoms with Crippen LogP contribution in [0.4, 0.5) is 0 Å². The van der Waals surface area contributed by atoms with E-state index in [4.69, 9.17) is 0 Å². The number of carbonyl (C=O) groups is 1. The van der Waals surface area contributed by atoms with Gasteiger partial charge in [0.2, 0.25) is 0 Å². The Bertz CT molecular complexity index is 473. The van der Waals surface area contributed by atoms with Crippen molar-refractivity contribution in [3.63, 3.8) is 0 Å². The molecule has 1 atom stereocenters. The fraction of sp³-hybridized carbons (Fsp3) is 0.714. The lowest BCUT2D eigenvalue weighted by atomic mass is 9.95. The van der Waals surface area contributed by atoms with Gasteiger partial charge in [0, 0.05) is 18.3 Å². The molecule has 1 aromatic heterocycles. The van der Waals surface area contributed by atoms with E-state index in [1.165, 1.54) is 0 Å². The molecule has 19 heavy (non-hydrogen) atoms. The Labute approximate surface area is 114 Å². The molecular formula is C14H23N3O2. The zero-order valence-corrected chi connectivity index (χ0v) is 12.2. The molecule has 0 aromatic carbocycles. The summed E-state index contributed by atoms with van der Waals surface area (Å²) in [4.78, 5) is 13.8.